The molecule has 0 aliphatic carbocycles. The molecule has 26 heavy (non-hydrogen) atoms. The van der Waals surface area contributed by atoms with Crippen LogP contribution in [0, 0.1) is 0 Å². The molecular formula is C15H15Cl2N3O6. The maximum atomic E-state index is 12.0. The fourth-order valence-corrected chi connectivity index (χ4v) is 1.90. The summed E-state index contributed by atoms with van der Waals surface area (Å²) in [4.78, 5) is 46.3. The van der Waals surface area contributed by atoms with E-state index in [0.29, 0.717) is 15.6 Å². The molecule has 0 heterocycles. The molecule has 0 saturated heterocycles. The van der Waals surface area contributed by atoms with E-state index in [1.54, 1.807) is 18.2 Å². The third kappa shape index (κ3) is 6.61. The number of carbonyl (C=O) groups excluding carboxylic acids is 4. The van der Waals surface area contributed by atoms with Crippen LogP contribution >= 0.6 is 23.2 Å². The third-order valence-electron chi connectivity index (χ3n) is 2.83. The van der Waals surface area contributed by atoms with Crippen LogP contribution in [-0.4, -0.2) is 38.2 Å². The summed E-state index contributed by atoms with van der Waals surface area (Å²) in [7, 11) is 2.09. The number of carbonyl (C=O) groups is 4. The fraction of sp³-hybridized carbons (Fsp3) is 0.200. The molecule has 0 fully saturated rings. The van der Waals surface area contributed by atoms with Gasteiger partial charge < -0.3 is 14.8 Å². The Balaban J connectivity index is 2.90. The first-order valence-corrected chi connectivity index (χ1v) is 7.70. The van der Waals surface area contributed by atoms with Crippen molar-refractivity contribution in [2.24, 2.45) is 0 Å². The standard InChI is InChI=1S/C15H15Cl2N3O6/c1-25-14(23)19-12(21)9(13(22)20-15(24)26-2)7-18-6-8-3-4-10(16)11(17)5-8/h3-5,7,18H,6H2,1-2H3,(H,19,21,23)(H,20,22,24). The molecule has 0 saturated carbocycles. The topological polar surface area (TPSA) is 123 Å². The number of hydrogen-bond donors (Lipinski definition) is 3. The lowest BCUT2D eigenvalue weighted by Gasteiger charge is -2.09. The lowest BCUT2D eigenvalue weighted by Crippen LogP contribution is -2.40. The van der Waals surface area contributed by atoms with Gasteiger partial charge in [0.25, 0.3) is 11.8 Å². The summed E-state index contributed by atoms with van der Waals surface area (Å²) in [6.07, 6.45) is -1.12. The van der Waals surface area contributed by atoms with Crippen LogP contribution in [0.15, 0.2) is 30.0 Å². The molecule has 140 valence electrons. The summed E-state index contributed by atoms with van der Waals surface area (Å²) < 4.78 is 8.56. The number of amides is 4. The smallest absolute Gasteiger partial charge is 0.413 e. The summed E-state index contributed by atoms with van der Waals surface area (Å²) in [5.41, 5.74) is 0.151. The molecule has 1 rings (SSSR count). The van der Waals surface area contributed by atoms with Crippen LogP contribution in [0.3, 0.4) is 0 Å². The summed E-state index contributed by atoms with van der Waals surface area (Å²) >= 11 is 11.7. The van der Waals surface area contributed by atoms with Gasteiger partial charge in [-0.05, 0) is 17.7 Å². The molecule has 0 aliphatic heterocycles. The van der Waals surface area contributed by atoms with Crippen LogP contribution < -0.4 is 16.0 Å². The second-order valence-electron chi connectivity index (χ2n) is 4.58. The van der Waals surface area contributed by atoms with E-state index in [1.807, 2.05) is 10.6 Å². The van der Waals surface area contributed by atoms with Crippen molar-refractivity contribution < 1.29 is 28.7 Å². The highest BCUT2D eigenvalue weighted by Crippen LogP contribution is 2.22. The first-order valence-electron chi connectivity index (χ1n) is 6.94. The molecule has 1 aromatic rings. The van der Waals surface area contributed by atoms with Gasteiger partial charge >= 0.3 is 12.2 Å². The molecule has 0 spiro atoms. The van der Waals surface area contributed by atoms with Crippen LogP contribution in [0.25, 0.3) is 0 Å². The molecule has 0 unspecified atom stereocenters. The monoisotopic (exact) mass is 403 g/mol. The van der Waals surface area contributed by atoms with Gasteiger partial charge in [0.1, 0.15) is 5.57 Å². The second kappa shape index (κ2) is 10.3. The van der Waals surface area contributed by atoms with Crippen molar-refractivity contribution in [3.63, 3.8) is 0 Å². The molecule has 0 aliphatic rings. The minimum Gasteiger partial charge on any atom is -0.453 e. The highest BCUT2D eigenvalue weighted by atomic mass is 35.5. The zero-order chi connectivity index (χ0) is 19.7. The minimum atomic E-state index is -1.08. The van der Waals surface area contributed by atoms with Crippen molar-refractivity contribution in [3.8, 4) is 0 Å². The van der Waals surface area contributed by atoms with E-state index in [0.717, 1.165) is 20.4 Å². The van der Waals surface area contributed by atoms with Crippen LogP contribution in [-0.2, 0) is 25.6 Å². The molecule has 0 atom stereocenters. The summed E-state index contributed by atoms with van der Waals surface area (Å²) in [6.45, 7) is 0.178. The molecule has 1 aromatic carbocycles. The summed E-state index contributed by atoms with van der Waals surface area (Å²) in [5.74, 6) is -2.17. The average molecular weight is 404 g/mol. The molecule has 0 aromatic heterocycles. The Morgan fingerprint density at radius 3 is 1.96 bits per heavy atom. The second-order valence-corrected chi connectivity index (χ2v) is 5.39. The number of rotatable bonds is 5. The molecule has 0 bridgehead atoms. The van der Waals surface area contributed by atoms with E-state index >= 15 is 0 Å². The van der Waals surface area contributed by atoms with Gasteiger partial charge in [-0.15, -0.1) is 0 Å². The highest BCUT2D eigenvalue weighted by Gasteiger charge is 2.22. The Labute approximate surface area is 158 Å². The Kier molecular flexibility index (Phi) is 8.40. The van der Waals surface area contributed by atoms with Crippen LogP contribution in [0.1, 0.15) is 5.56 Å². The Hall–Kier alpha value is -2.78. The fourth-order valence-electron chi connectivity index (χ4n) is 1.58. The van der Waals surface area contributed by atoms with Gasteiger partial charge in [0, 0.05) is 12.7 Å². The van der Waals surface area contributed by atoms with Gasteiger partial charge in [-0.3, -0.25) is 20.2 Å². The van der Waals surface area contributed by atoms with E-state index in [-0.39, 0.29) is 6.54 Å². The SMILES string of the molecule is COC(=O)NC(=O)C(=CNCc1ccc(Cl)c(Cl)c1)C(=O)NC(=O)OC. The van der Waals surface area contributed by atoms with Crippen LogP contribution in [0.5, 0.6) is 0 Å². The van der Waals surface area contributed by atoms with E-state index in [4.69, 9.17) is 23.2 Å². The first kappa shape index (κ1) is 21.3. The van der Waals surface area contributed by atoms with Crippen molar-refractivity contribution in [3.05, 3.63) is 45.6 Å². The predicted octanol–water partition coefficient (Wildman–Crippen LogP) is 1.73. The Morgan fingerprint density at radius 1 is 0.962 bits per heavy atom. The average Bonchev–Trinajstić information content (AvgIpc) is 2.60. The number of imide groups is 2. The van der Waals surface area contributed by atoms with Gasteiger partial charge in [0.05, 0.1) is 24.3 Å². The quantitative estimate of drug-likeness (QED) is 0.388. The number of halogens is 2. The number of nitrogens with one attached hydrogen (secondary N) is 3. The maximum Gasteiger partial charge on any atom is 0.413 e. The summed E-state index contributed by atoms with van der Waals surface area (Å²) in [5, 5.41) is 7.03. The highest BCUT2D eigenvalue weighted by molar-refractivity contribution is 6.42. The van der Waals surface area contributed by atoms with Crippen LogP contribution in [0.2, 0.25) is 10.0 Å². The zero-order valence-electron chi connectivity index (χ0n) is 13.7. The Bertz CT molecular complexity index is 719. The lowest BCUT2D eigenvalue weighted by atomic mass is 10.2. The van der Waals surface area contributed by atoms with Gasteiger partial charge in [-0.25, -0.2) is 9.59 Å². The molecule has 3 N–H and O–H groups in total. The van der Waals surface area contributed by atoms with E-state index < -0.39 is 29.6 Å². The molecule has 9 nitrogen and oxygen atoms in total. The minimum absolute atomic E-state index is 0.178. The molecule has 4 amide bonds. The van der Waals surface area contributed by atoms with Crippen molar-refractivity contribution in [2.45, 2.75) is 6.54 Å². The Morgan fingerprint density at radius 2 is 1.50 bits per heavy atom. The predicted molar refractivity (Wildman–Crippen MR) is 92.5 cm³/mol. The van der Waals surface area contributed by atoms with E-state index in [2.05, 4.69) is 14.8 Å². The number of benzene rings is 1. The molecule has 0 radical (unpaired) electrons. The van der Waals surface area contributed by atoms with Crippen molar-refractivity contribution in [1.82, 2.24) is 16.0 Å². The number of hydrogen-bond acceptors (Lipinski definition) is 7. The van der Waals surface area contributed by atoms with E-state index in [1.165, 1.54) is 0 Å². The number of alkyl carbamates (subject to hydrolysis) is 2. The first-order chi connectivity index (χ1) is 12.3. The molecule has 11 heteroatoms. The number of ether oxygens (including phenoxy) is 2. The number of methoxy groups -OCH3 is 2. The van der Waals surface area contributed by atoms with E-state index in [9.17, 15) is 19.2 Å². The van der Waals surface area contributed by atoms with Crippen molar-refractivity contribution >= 4 is 47.2 Å². The third-order valence-corrected chi connectivity index (χ3v) is 3.57. The van der Waals surface area contributed by atoms with Gasteiger partial charge in [0.15, 0.2) is 0 Å². The normalized spacial score (nSPS) is 9.54. The van der Waals surface area contributed by atoms with Crippen molar-refractivity contribution in [2.75, 3.05) is 14.2 Å². The zero-order valence-corrected chi connectivity index (χ0v) is 15.2. The van der Waals surface area contributed by atoms with Gasteiger partial charge in [0.2, 0.25) is 0 Å². The lowest BCUT2D eigenvalue weighted by molar-refractivity contribution is -0.122. The summed E-state index contributed by atoms with van der Waals surface area (Å²) in [6, 6.07) is 4.85. The van der Waals surface area contributed by atoms with Gasteiger partial charge in [-0.2, -0.15) is 0 Å². The maximum absolute atomic E-state index is 12.0. The molecular weight excluding hydrogens is 389 g/mol. The van der Waals surface area contributed by atoms with Gasteiger partial charge in [-0.1, -0.05) is 29.3 Å². The largest absolute Gasteiger partial charge is 0.453 e. The van der Waals surface area contributed by atoms with Crippen LogP contribution in [0.4, 0.5) is 9.59 Å². The van der Waals surface area contributed by atoms with Crippen molar-refractivity contribution in [1.29, 1.82) is 0 Å².